The van der Waals surface area contributed by atoms with Crippen molar-refractivity contribution in [2.75, 3.05) is 12.4 Å². The molecule has 2 rings (SSSR count). The van der Waals surface area contributed by atoms with Crippen molar-refractivity contribution >= 4 is 23.0 Å². The number of nitro benzene ring substituents is 2. The molecule has 9 heteroatoms. The summed E-state index contributed by atoms with van der Waals surface area (Å²) < 4.78 is 5.06. The van der Waals surface area contributed by atoms with Crippen LogP contribution in [0.2, 0.25) is 0 Å². The second-order valence-corrected chi connectivity index (χ2v) is 4.85. The van der Waals surface area contributed by atoms with Crippen LogP contribution in [0.25, 0.3) is 0 Å². The minimum absolute atomic E-state index is 0.0977. The van der Waals surface area contributed by atoms with Crippen molar-refractivity contribution in [3.63, 3.8) is 0 Å². The Morgan fingerprint density at radius 2 is 1.79 bits per heavy atom. The van der Waals surface area contributed by atoms with E-state index in [4.69, 9.17) is 4.74 Å². The molecule has 0 spiro atoms. The van der Waals surface area contributed by atoms with Gasteiger partial charge in [-0.1, -0.05) is 0 Å². The molecule has 0 aromatic heterocycles. The van der Waals surface area contributed by atoms with Crippen molar-refractivity contribution in [3.05, 3.63) is 67.8 Å². The number of non-ortho nitro benzene ring substituents is 1. The van der Waals surface area contributed by atoms with Crippen molar-refractivity contribution in [1.82, 2.24) is 0 Å². The summed E-state index contributed by atoms with van der Waals surface area (Å²) in [6, 6.07) is 7.71. The van der Waals surface area contributed by atoms with E-state index in [0.29, 0.717) is 5.56 Å². The van der Waals surface area contributed by atoms with Crippen LogP contribution < -0.4 is 10.1 Å². The number of ether oxygens (including phenoxy) is 1. The monoisotopic (exact) mass is 331 g/mol. The minimum Gasteiger partial charge on any atom is -0.495 e. The lowest BCUT2D eigenvalue weighted by molar-refractivity contribution is -0.385. The van der Waals surface area contributed by atoms with Gasteiger partial charge in [0.1, 0.15) is 5.75 Å². The lowest BCUT2D eigenvalue weighted by Gasteiger charge is -2.10. The largest absolute Gasteiger partial charge is 0.495 e. The van der Waals surface area contributed by atoms with Crippen molar-refractivity contribution in [2.24, 2.45) is 0 Å². The SMILES string of the molecule is COc1ccc([N+](=O)[O-])cc1NC(=O)c1ccc([N+](=O)[O-])c(C)c1. The number of hydrogen-bond acceptors (Lipinski definition) is 6. The molecule has 0 atom stereocenters. The van der Waals surface area contributed by atoms with Gasteiger partial charge < -0.3 is 10.1 Å². The Labute approximate surface area is 136 Å². The van der Waals surface area contributed by atoms with Gasteiger partial charge >= 0.3 is 0 Å². The van der Waals surface area contributed by atoms with E-state index in [1.807, 2.05) is 0 Å². The van der Waals surface area contributed by atoms with E-state index >= 15 is 0 Å². The molecule has 0 saturated heterocycles. The molecule has 0 fully saturated rings. The van der Waals surface area contributed by atoms with Gasteiger partial charge in [-0.25, -0.2) is 0 Å². The number of aryl methyl sites for hydroxylation is 1. The number of carbonyl (C=O) groups is 1. The highest BCUT2D eigenvalue weighted by Gasteiger charge is 2.17. The number of nitro groups is 2. The average Bonchev–Trinajstić information content (AvgIpc) is 2.54. The molecule has 2 aromatic carbocycles. The average molecular weight is 331 g/mol. The number of nitrogens with zero attached hydrogens (tertiary/aromatic N) is 2. The van der Waals surface area contributed by atoms with Crippen LogP contribution >= 0.6 is 0 Å². The molecule has 0 bridgehead atoms. The van der Waals surface area contributed by atoms with Crippen LogP contribution in [0.4, 0.5) is 17.1 Å². The van der Waals surface area contributed by atoms with Crippen LogP contribution in [0.3, 0.4) is 0 Å². The van der Waals surface area contributed by atoms with E-state index < -0.39 is 15.8 Å². The molecule has 0 unspecified atom stereocenters. The molecule has 0 heterocycles. The summed E-state index contributed by atoms with van der Waals surface area (Å²) in [7, 11) is 1.37. The Hall–Kier alpha value is -3.49. The third-order valence-corrected chi connectivity index (χ3v) is 3.30. The number of hydrogen-bond donors (Lipinski definition) is 1. The van der Waals surface area contributed by atoms with Crippen molar-refractivity contribution in [1.29, 1.82) is 0 Å². The summed E-state index contributed by atoms with van der Waals surface area (Å²) in [4.78, 5) is 32.8. The zero-order chi connectivity index (χ0) is 17.9. The summed E-state index contributed by atoms with van der Waals surface area (Å²) in [6.07, 6.45) is 0. The van der Waals surface area contributed by atoms with Gasteiger partial charge in [0.25, 0.3) is 17.3 Å². The predicted octanol–water partition coefficient (Wildman–Crippen LogP) is 3.07. The molecule has 24 heavy (non-hydrogen) atoms. The number of benzene rings is 2. The van der Waals surface area contributed by atoms with Crippen LogP contribution in [0.5, 0.6) is 5.75 Å². The first-order chi connectivity index (χ1) is 11.3. The first-order valence-corrected chi connectivity index (χ1v) is 6.72. The number of nitrogens with one attached hydrogen (secondary N) is 1. The van der Waals surface area contributed by atoms with Gasteiger partial charge in [-0.05, 0) is 25.1 Å². The molecular weight excluding hydrogens is 318 g/mol. The zero-order valence-corrected chi connectivity index (χ0v) is 12.8. The van der Waals surface area contributed by atoms with Gasteiger partial charge in [-0.2, -0.15) is 0 Å². The molecule has 0 aliphatic heterocycles. The smallest absolute Gasteiger partial charge is 0.272 e. The Balaban J connectivity index is 2.32. The fraction of sp³-hybridized carbons (Fsp3) is 0.133. The Bertz CT molecular complexity index is 834. The highest BCUT2D eigenvalue weighted by molar-refractivity contribution is 6.05. The van der Waals surface area contributed by atoms with Gasteiger partial charge in [-0.3, -0.25) is 25.0 Å². The fourth-order valence-corrected chi connectivity index (χ4v) is 2.10. The van der Waals surface area contributed by atoms with Gasteiger partial charge in [-0.15, -0.1) is 0 Å². The molecule has 0 radical (unpaired) electrons. The van der Waals surface area contributed by atoms with Crippen LogP contribution in [0.1, 0.15) is 15.9 Å². The van der Waals surface area contributed by atoms with E-state index in [2.05, 4.69) is 5.32 Å². The molecule has 1 N–H and O–H groups in total. The Kier molecular flexibility index (Phi) is 4.73. The van der Waals surface area contributed by atoms with Gasteiger partial charge in [0.15, 0.2) is 0 Å². The lowest BCUT2D eigenvalue weighted by atomic mass is 10.1. The topological polar surface area (TPSA) is 125 Å². The van der Waals surface area contributed by atoms with Gasteiger partial charge in [0.05, 0.1) is 22.6 Å². The number of amides is 1. The second kappa shape index (κ2) is 6.73. The number of methoxy groups -OCH3 is 1. The molecule has 0 aliphatic rings. The second-order valence-electron chi connectivity index (χ2n) is 4.85. The summed E-state index contributed by atoms with van der Waals surface area (Å²) in [6.45, 7) is 1.52. The maximum absolute atomic E-state index is 12.3. The summed E-state index contributed by atoms with van der Waals surface area (Å²) in [5.41, 5.74) is 0.350. The molecule has 0 saturated carbocycles. The Morgan fingerprint density at radius 1 is 1.08 bits per heavy atom. The quantitative estimate of drug-likeness (QED) is 0.663. The van der Waals surface area contributed by atoms with Crippen LogP contribution in [-0.2, 0) is 0 Å². The normalized spacial score (nSPS) is 10.1. The maximum atomic E-state index is 12.3. The van der Waals surface area contributed by atoms with E-state index in [1.54, 1.807) is 0 Å². The van der Waals surface area contributed by atoms with Crippen LogP contribution in [0.15, 0.2) is 36.4 Å². The molecule has 0 aliphatic carbocycles. The summed E-state index contributed by atoms with van der Waals surface area (Å²) in [5.74, 6) is -0.306. The van der Waals surface area contributed by atoms with Gasteiger partial charge in [0, 0.05) is 29.3 Å². The van der Waals surface area contributed by atoms with E-state index in [9.17, 15) is 25.0 Å². The summed E-state index contributed by atoms with van der Waals surface area (Å²) in [5, 5.41) is 24.2. The van der Waals surface area contributed by atoms with Crippen LogP contribution in [0, 0.1) is 27.2 Å². The zero-order valence-electron chi connectivity index (χ0n) is 12.8. The Morgan fingerprint density at radius 3 is 2.33 bits per heavy atom. The first-order valence-electron chi connectivity index (χ1n) is 6.72. The van der Waals surface area contributed by atoms with E-state index in [1.165, 1.54) is 50.4 Å². The third-order valence-electron chi connectivity index (χ3n) is 3.30. The summed E-state index contributed by atoms with van der Waals surface area (Å²) >= 11 is 0. The highest BCUT2D eigenvalue weighted by atomic mass is 16.6. The third kappa shape index (κ3) is 3.46. The standard InChI is InChI=1S/C15H13N3O6/c1-9-7-10(3-5-13(9)18(22)23)15(19)16-12-8-11(17(20)21)4-6-14(12)24-2/h3-8H,1-2H3,(H,16,19). The molecular formula is C15H13N3O6. The molecule has 124 valence electrons. The molecule has 2 aromatic rings. The van der Waals surface area contributed by atoms with Gasteiger partial charge in [0.2, 0.25) is 0 Å². The van der Waals surface area contributed by atoms with E-state index in [-0.39, 0.29) is 28.4 Å². The first kappa shape index (κ1) is 16.9. The van der Waals surface area contributed by atoms with E-state index in [0.717, 1.165) is 0 Å². The molecule has 1 amide bonds. The number of rotatable bonds is 5. The maximum Gasteiger partial charge on any atom is 0.272 e. The van der Waals surface area contributed by atoms with Crippen molar-refractivity contribution in [3.8, 4) is 5.75 Å². The molecule has 9 nitrogen and oxygen atoms in total. The predicted molar refractivity (Wildman–Crippen MR) is 85.4 cm³/mol. The lowest BCUT2D eigenvalue weighted by Crippen LogP contribution is -2.13. The number of carbonyl (C=O) groups excluding carboxylic acids is 1. The fourth-order valence-electron chi connectivity index (χ4n) is 2.10. The van der Waals surface area contributed by atoms with Crippen LogP contribution in [-0.4, -0.2) is 22.9 Å². The number of anilines is 1. The van der Waals surface area contributed by atoms with Crippen molar-refractivity contribution < 1.29 is 19.4 Å². The minimum atomic E-state index is -0.592. The highest BCUT2D eigenvalue weighted by Crippen LogP contribution is 2.29. The van der Waals surface area contributed by atoms with Crippen molar-refractivity contribution in [2.45, 2.75) is 6.92 Å².